The van der Waals surface area contributed by atoms with E-state index in [0.717, 1.165) is 25.9 Å². The minimum absolute atomic E-state index is 0.245. The topological polar surface area (TPSA) is 59.1 Å². The summed E-state index contributed by atoms with van der Waals surface area (Å²) >= 11 is 0. The van der Waals surface area contributed by atoms with Gasteiger partial charge in [-0.2, -0.15) is 0 Å². The van der Waals surface area contributed by atoms with Crippen LogP contribution in [0.5, 0.6) is 0 Å². The van der Waals surface area contributed by atoms with Gasteiger partial charge < -0.3 is 9.47 Å². The van der Waals surface area contributed by atoms with Crippen molar-refractivity contribution in [2.75, 3.05) is 40.6 Å². The average Bonchev–Trinajstić information content (AvgIpc) is 3.00. The molecular formula is C36H64N2O4. The Morgan fingerprint density at radius 3 is 1.17 bits per heavy atom. The van der Waals surface area contributed by atoms with Crippen molar-refractivity contribution in [3.8, 4) is 0 Å². The van der Waals surface area contributed by atoms with Crippen LogP contribution < -0.4 is 0 Å². The molecule has 0 radical (unpaired) electrons. The first-order valence-electron chi connectivity index (χ1n) is 17.3. The molecule has 0 aliphatic carbocycles. The highest BCUT2D eigenvalue weighted by molar-refractivity contribution is 5.95. The molecule has 1 rings (SSSR count). The van der Waals surface area contributed by atoms with E-state index in [4.69, 9.17) is 9.47 Å². The van der Waals surface area contributed by atoms with Crippen molar-refractivity contribution in [2.24, 2.45) is 0 Å². The van der Waals surface area contributed by atoms with Gasteiger partial charge in [-0.05, 0) is 45.1 Å². The van der Waals surface area contributed by atoms with Crippen LogP contribution in [0.2, 0.25) is 0 Å². The van der Waals surface area contributed by atoms with E-state index in [-0.39, 0.29) is 13.5 Å². The standard InChI is InChI=1S/C36H64N2O4/c1-5-7-9-11-13-15-17-19-21-23-28-37(3)31-41-35(39)33-26-25-27-34(30-33)36(40)42-32-38(4)29-24-22-20-18-16-14-12-10-8-6-2/h25-27,30H,5-24,28-29,31-32H2,1-4H3. The number of hydrogen-bond acceptors (Lipinski definition) is 6. The van der Waals surface area contributed by atoms with Gasteiger partial charge in [0.25, 0.3) is 0 Å². The molecule has 0 fully saturated rings. The van der Waals surface area contributed by atoms with E-state index in [9.17, 15) is 9.59 Å². The summed E-state index contributed by atoms with van der Waals surface area (Å²) in [6.45, 7) is 6.82. The Hall–Kier alpha value is -1.92. The predicted molar refractivity (Wildman–Crippen MR) is 176 cm³/mol. The van der Waals surface area contributed by atoms with Crippen LogP contribution in [0.4, 0.5) is 0 Å². The van der Waals surface area contributed by atoms with Gasteiger partial charge in [-0.25, -0.2) is 9.59 Å². The fraction of sp³-hybridized carbons (Fsp3) is 0.778. The van der Waals surface area contributed by atoms with E-state index in [1.54, 1.807) is 24.3 Å². The van der Waals surface area contributed by atoms with E-state index < -0.39 is 11.9 Å². The lowest BCUT2D eigenvalue weighted by molar-refractivity contribution is 0.0268. The van der Waals surface area contributed by atoms with Crippen molar-refractivity contribution in [3.63, 3.8) is 0 Å². The summed E-state index contributed by atoms with van der Waals surface area (Å²) in [7, 11) is 3.95. The lowest BCUT2D eigenvalue weighted by Crippen LogP contribution is -2.25. The zero-order valence-corrected chi connectivity index (χ0v) is 27.8. The summed E-state index contributed by atoms with van der Waals surface area (Å²) < 4.78 is 11.0. The Kier molecular flexibility index (Phi) is 24.2. The lowest BCUT2D eigenvalue weighted by atomic mass is 10.1. The molecule has 0 heterocycles. The molecule has 0 saturated heterocycles. The Bertz CT molecular complexity index is 739. The number of esters is 2. The fourth-order valence-corrected chi connectivity index (χ4v) is 5.14. The van der Waals surface area contributed by atoms with E-state index in [1.165, 1.54) is 116 Å². The van der Waals surface area contributed by atoms with E-state index >= 15 is 0 Å². The van der Waals surface area contributed by atoms with Gasteiger partial charge in [-0.3, -0.25) is 9.80 Å². The van der Waals surface area contributed by atoms with Gasteiger partial charge in [-0.15, -0.1) is 0 Å². The largest absolute Gasteiger partial charge is 0.446 e. The molecule has 1 aromatic carbocycles. The third-order valence-corrected chi connectivity index (χ3v) is 7.95. The second-order valence-corrected chi connectivity index (χ2v) is 12.2. The van der Waals surface area contributed by atoms with Crippen molar-refractivity contribution in [3.05, 3.63) is 35.4 Å². The first kappa shape index (κ1) is 38.1. The monoisotopic (exact) mass is 588 g/mol. The van der Waals surface area contributed by atoms with E-state index in [0.29, 0.717) is 11.1 Å². The van der Waals surface area contributed by atoms with Crippen LogP contribution in [0.25, 0.3) is 0 Å². The van der Waals surface area contributed by atoms with Crippen LogP contribution >= 0.6 is 0 Å². The highest BCUT2D eigenvalue weighted by Gasteiger charge is 2.14. The Labute approximate surface area is 258 Å². The molecule has 0 aromatic heterocycles. The smallest absolute Gasteiger partial charge is 0.339 e. The van der Waals surface area contributed by atoms with Crippen molar-refractivity contribution in [1.29, 1.82) is 0 Å². The van der Waals surface area contributed by atoms with Crippen LogP contribution in [-0.4, -0.2) is 62.4 Å². The highest BCUT2D eigenvalue weighted by atomic mass is 16.5. The molecule has 1 aromatic rings. The Balaban J connectivity index is 2.16. The number of hydrogen-bond donors (Lipinski definition) is 0. The van der Waals surface area contributed by atoms with Gasteiger partial charge in [0.2, 0.25) is 0 Å². The molecule has 0 N–H and O–H groups in total. The number of benzene rings is 1. The zero-order chi connectivity index (χ0) is 30.7. The van der Waals surface area contributed by atoms with Gasteiger partial charge in [-0.1, -0.05) is 135 Å². The van der Waals surface area contributed by atoms with Gasteiger partial charge in [0.05, 0.1) is 11.1 Å². The van der Waals surface area contributed by atoms with Gasteiger partial charge >= 0.3 is 11.9 Å². The first-order valence-corrected chi connectivity index (χ1v) is 17.3. The second kappa shape index (κ2) is 26.7. The van der Waals surface area contributed by atoms with Crippen molar-refractivity contribution in [2.45, 2.75) is 142 Å². The third kappa shape index (κ3) is 20.9. The van der Waals surface area contributed by atoms with Crippen LogP contribution in [0.3, 0.4) is 0 Å². The number of carbonyl (C=O) groups is 2. The predicted octanol–water partition coefficient (Wildman–Crippen LogP) is 9.62. The molecule has 0 amide bonds. The molecule has 0 saturated carbocycles. The number of ether oxygens (including phenoxy) is 2. The zero-order valence-electron chi connectivity index (χ0n) is 27.8. The summed E-state index contributed by atoms with van der Waals surface area (Å²) in [6, 6.07) is 6.63. The fourth-order valence-electron chi connectivity index (χ4n) is 5.14. The third-order valence-electron chi connectivity index (χ3n) is 7.95. The number of nitrogens with zero attached hydrogens (tertiary/aromatic N) is 2. The first-order chi connectivity index (χ1) is 20.5. The van der Waals surface area contributed by atoms with Gasteiger partial charge in [0.15, 0.2) is 0 Å². The van der Waals surface area contributed by atoms with E-state index in [2.05, 4.69) is 13.8 Å². The summed E-state index contributed by atoms with van der Waals surface area (Å²) in [5.74, 6) is -0.838. The molecular weight excluding hydrogens is 524 g/mol. The summed E-state index contributed by atoms with van der Waals surface area (Å²) in [6.07, 6.45) is 26.1. The molecule has 42 heavy (non-hydrogen) atoms. The maximum Gasteiger partial charge on any atom is 0.339 e. The highest BCUT2D eigenvalue weighted by Crippen LogP contribution is 2.13. The molecule has 0 unspecified atom stereocenters. The quantitative estimate of drug-likeness (QED) is 0.0552. The second-order valence-electron chi connectivity index (χ2n) is 12.2. The number of unbranched alkanes of at least 4 members (excludes halogenated alkanes) is 18. The minimum atomic E-state index is -0.419. The Morgan fingerprint density at radius 2 is 0.833 bits per heavy atom. The molecule has 0 aliphatic heterocycles. The van der Waals surface area contributed by atoms with Crippen molar-refractivity contribution < 1.29 is 19.1 Å². The van der Waals surface area contributed by atoms with Crippen LogP contribution in [-0.2, 0) is 9.47 Å². The molecule has 6 nitrogen and oxygen atoms in total. The van der Waals surface area contributed by atoms with Gasteiger partial charge in [0.1, 0.15) is 13.5 Å². The van der Waals surface area contributed by atoms with Crippen LogP contribution in [0.1, 0.15) is 163 Å². The van der Waals surface area contributed by atoms with E-state index in [1.807, 2.05) is 23.9 Å². The summed E-state index contributed by atoms with van der Waals surface area (Å²) in [5, 5.41) is 0. The number of rotatable bonds is 28. The minimum Gasteiger partial charge on any atom is -0.446 e. The summed E-state index contributed by atoms with van der Waals surface area (Å²) in [4.78, 5) is 29.3. The maximum atomic E-state index is 12.6. The van der Waals surface area contributed by atoms with Crippen molar-refractivity contribution >= 4 is 11.9 Å². The molecule has 0 aliphatic rings. The summed E-state index contributed by atoms with van der Waals surface area (Å²) in [5.41, 5.74) is 0.742. The Morgan fingerprint density at radius 1 is 0.524 bits per heavy atom. The average molecular weight is 589 g/mol. The lowest BCUT2D eigenvalue weighted by Gasteiger charge is -2.17. The maximum absolute atomic E-state index is 12.6. The SMILES string of the molecule is CCCCCCCCCCCCN(C)COC(=O)c1cccc(C(=O)OCN(C)CCCCCCCCCCCC)c1. The number of carbonyl (C=O) groups excluding carboxylic acids is 2. The normalized spacial score (nSPS) is 11.4. The molecule has 242 valence electrons. The van der Waals surface area contributed by atoms with Crippen molar-refractivity contribution in [1.82, 2.24) is 9.80 Å². The molecule has 0 spiro atoms. The molecule has 0 bridgehead atoms. The molecule has 0 atom stereocenters. The van der Waals surface area contributed by atoms with Crippen LogP contribution in [0.15, 0.2) is 24.3 Å². The van der Waals surface area contributed by atoms with Gasteiger partial charge in [0, 0.05) is 13.1 Å². The molecule has 6 heteroatoms. The van der Waals surface area contributed by atoms with Crippen LogP contribution in [0, 0.1) is 0 Å².